The lowest BCUT2D eigenvalue weighted by molar-refractivity contribution is 0.0696. The molecular formula is C17H11ClFNO3. The highest BCUT2D eigenvalue weighted by Crippen LogP contribution is 2.22. The van der Waals surface area contributed by atoms with Gasteiger partial charge in [0.2, 0.25) is 0 Å². The van der Waals surface area contributed by atoms with Crippen molar-refractivity contribution in [3.8, 4) is 5.75 Å². The van der Waals surface area contributed by atoms with Gasteiger partial charge in [-0.3, -0.25) is 4.98 Å². The van der Waals surface area contributed by atoms with Crippen molar-refractivity contribution in [3.63, 3.8) is 0 Å². The largest absolute Gasteiger partial charge is 0.489 e. The van der Waals surface area contributed by atoms with Crippen LogP contribution in [0.25, 0.3) is 10.9 Å². The Labute approximate surface area is 136 Å². The lowest BCUT2D eigenvalue weighted by atomic mass is 10.1. The predicted octanol–water partition coefficient (Wildman–Crippen LogP) is 4.30. The van der Waals surface area contributed by atoms with Crippen LogP contribution in [0.1, 0.15) is 15.9 Å². The molecule has 0 atom stereocenters. The molecule has 0 bridgehead atoms. The third-order valence-electron chi connectivity index (χ3n) is 3.23. The van der Waals surface area contributed by atoms with Gasteiger partial charge in [0.15, 0.2) is 0 Å². The van der Waals surface area contributed by atoms with E-state index in [0.29, 0.717) is 27.2 Å². The lowest BCUT2D eigenvalue weighted by Gasteiger charge is -2.08. The van der Waals surface area contributed by atoms with E-state index in [4.69, 9.17) is 21.4 Å². The molecule has 0 aliphatic rings. The Morgan fingerprint density at radius 1 is 1.22 bits per heavy atom. The molecule has 3 aromatic rings. The maximum atomic E-state index is 13.3. The summed E-state index contributed by atoms with van der Waals surface area (Å²) in [4.78, 5) is 15.0. The van der Waals surface area contributed by atoms with Gasteiger partial charge in [-0.05, 0) is 42.0 Å². The summed E-state index contributed by atoms with van der Waals surface area (Å²) in [7, 11) is 0. The Bertz CT molecular complexity index is 878. The molecule has 0 amide bonds. The number of carboxylic acid groups (broad SMARTS) is 1. The first-order chi connectivity index (χ1) is 11.0. The van der Waals surface area contributed by atoms with E-state index in [2.05, 4.69) is 4.98 Å². The normalized spacial score (nSPS) is 10.7. The molecule has 3 rings (SSSR count). The SMILES string of the molecule is O=C(O)c1cnc2cc(OCc3cc(F)cc(Cl)c3)ccc2c1. The summed E-state index contributed by atoms with van der Waals surface area (Å²) in [6, 6.07) is 10.9. The van der Waals surface area contributed by atoms with Gasteiger partial charge < -0.3 is 9.84 Å². The number of halogens is 2. The van der Waals surface area contributed by atoms with E-state index in [1.54, 1.807) is 30.3 Å². The van der Waals surface area contributed by atoms with Gasteiger partial charge >= 0.3 is 5.97 Å². The average Bonchev–Trinajstić information content (AvgIpc) is 2.51. The number of carbonyl (C=O) groups is 1. The molecule has 0 radical (unpaired) electrons. The molecule has 116 valence electrons. The molecule has 1 N–H and O–H groups in total. The number of rotatable bonds is 4. The zero-order valence-corrected chi connectivity index (χ0v) is 12.5. The van der Waals surface area contributed by atoms with Crippen LogP contribution in [0.4, 0.5) is 4.39 Å². The number of aromatic nitrogens is 1. The second-order valence-electron chi connectivity index (χ2n) is 4.95. The lowest BCUT2D eigenvalue weighted by Crippen LogP contribution is -1.98. The molecule has 0 saturated carbocycles. The van der Waals surface area contributed by atoms with Gasteiger partial charge in [-0.2, -0.15) is 0 Å². The summed E-state index contributed by atoms with van der Waals surface area (Å²) in [6.07, 6.45) is 1.29. The number of pyridine rings is 1. The molecule has 0 unspecified atom stereocenters. The molecule has 1 heterocycles. The van der Waals surface area contributed by atoms with Crippen LogP contribution in [0.3, 0.4) is 0 Å². The number of benzene rings is 2. The van der Waals surface area contributed by atoms with Gasteiger partial charge in [0.05, 0.1) is 11.1 Å². The first-order valence-electron chi connectivity index (χ1n) is 6.72. The first kappa shape index (κ1) is 15.2. The van der Waals surface area contributed by atoms with Gasteiger partial charge in [-0.1, -0.05) is 11.6 Å². The monoisotopic (exact) mass is 331 g/mol. The molecule has 0 spiro atoms. The van der Waals surface area contributed by atoms with Gasteiger partial charge in [-0.25, -0.2) is 9.18 Å². The van der Waals surface area contributed by atoms with Crippen LogP contribution in [0.15, 0.2) is 48.7 Å². The van der Waals surface area contributed by atoms with Crippen molar-refractivity contribution < 1.29 is 19.0 Å². The van der Waals surface area contributed by atoms with Crippen LogP contribution in [-0.4, -0.2) is 16.1 Å². The Hall–Kier alpha value is -2.66. The van der Waals surface area contributed by atoms with Crippen molar-refractivity contribution in [2.45, 2.75) is 6.61 Å². The molecule has 0 aliphatic carbocycles. The number of nitrogens with zero attached hydrogens (tertiary/aromatic N) is 1. The Morgan fingerprint density at radius 2 is 2.04 bits per heavy atom. The molecule has 2 aromatic carbocycles. The summed E-state index contributed by atoms with van der Waals surface area (Å²) in [5.74, 6) is -0.895. The number of fused-ring (bicyclic) bond motifs is 1. The van der Waals surface area contributed by atoms with Crippen LogP contribution in [-0.2, 0) is 6.61 Å². The molecule has 4 nitrogen and oxygen atoms in total. The zero-order valence-electron chi connectivity index (χ0n) is 11.8. The number of carboxylic acids is 1. The number of hydrogen-bond donors (Lipinski definition) is 1. The van der Waals surface area contributed by atoms with Crippen LogP contribution in [0.5, 0.6) is 5.75 Å². The van der Waals surface area contributed by atoms with E-state index in [0.717, 1.165) is 0 Å². The highest BCUT2D eigenvalue weighted by molar-refractivity contribution is 6.30. The highest BCUT2D eigenvalue weighted by Gasteiger charge is 2.06. The van der Waals surface area contributed by atoms with E-state index in [9.17, 15) is 9.18 Å². The van der Waals surface area contributed by atoms with Gasteiger partial charge in [0.1, 0.15) is 18.2 Å². The molecule has 0 aliphatic heterocycles. The van der Waals surface area contributed by atoms with Crippen molar-refractivity contribution >= 4 is 28.5 Å². The maximum Gasteiger partial charge on any atom is 0.337 e. The second-order valence-corrected chi connectivity index (χ2v) is 5.39. The van der Waals surface area contributed by atoms with Gasteiger partial charge in [0, 0.05) is 22.7 Å². The Morgan fingerprint density at radius 3 is 2.78 bits per heavy atom. The fourth-order valence-corrected chi connectivity index (χ4v) is 2.41. The van der Waals surface area contributed by atoms with Crippen molar-refractivity contribution in [2.75, 3.05) is 0 Å². The minimum absolute atomic E-state index is 0.126. The molecule has 1 aromatic heterocycles. The summed E-state index contributed by atoms with van der Waals surface area (Å²) < 4.78 is 18.9. The zero-order chi connectivity index (χ0) is 16.4. The van der Waals surface area contributed by atoms with Crippen molar-refractivity contribution in [1.82, 2.24) is 4.98 Å². The first-order valence-corrected chi connectivity index (χ1v) is 7.10. The molecule has 6 heteroatoms. The number of aromatic carboxylic acids is 1. The van der Waals surface area contributed by atoms with Crippen molar-refractivity contribution in [1.29, 1.82) is 0 Å². The van der Waals surface area contributed by atoms with E-state index in [-0.39, 0.29) is 12.2 Å². The fraction of sp³-hybridized carbons (Fsp3) is 0.0588. The van der Waals surface area contributed by atoms with Crippen molar-refractivity contribution in [2.24, 2.45) is 0 Å². The van der Waals surface area contributed by atoms with E-state index < -0.39 is 11.8 Å². The minimum Gasteiger partial charge on any atom is -0.489 e. The molecule has 0 fully saturated rings. The minimum atomic E-state index is -1.03. The van der Waals surface area contributed by atoms with Crippen LogP contribution >= 0.6 is 11.6 Å². The summed E-state index contributed by atoms with van der Waals surface area (Å²) in [5.41, 5.74) is 1.36. The second kappa shape index (κ2) is 6.22. The highest BCUT2D eigenvalue weighted by atomic mass is 35.5. The quantitative estimate of drug-likeness (QED) is 0.774. The van der Waals surface area contributed by atoms with Crippen LogP contribution in [0, 0.1) is 5.82 Å². The maximum absolute atomic E-state index is 13.3. The van der Waals surface area contributed by atoms with Gasteiger partial charge in [0.25, 0.3) is 0 Å². The number of ether oxygens (including phenoxy) is 1. The summed E-state index contributed by atoms with van der Waals surface area (Å²) in [6.45, 7) is 0.163. The van der Waals surface area contributed by atoms with Crippen LogP contribution in [0.2, 0.25) is 5.02 Å². The third kappa shape index (κ3) is 3.57. The average molecular weight is 332 g/mol. The van der Waals surface area contributed by atoms with E-state index in [1.807, 2.05) is 0 Å². The Kier molecular flexibility index (Phi) is 4.12. The topological polar surface area (TPSA) is 59.4 Å². The third-order valence-corrected chi connectivity index (χ3v) is 3.45. The Balaban J connectivity index is 1.80. The molecular weight excluding hydrogens is 321 g/mol. The van der Waals surface area contributed by atoms with Crippen molar-refractivity contribution in [3.05, 3.63) is 70.6 Å². The standard InChI is InChI=1S/C17H11ClFNO3/c18-13-3-10(4-14(19)6-13)9-23-15-2-1-11-5-12(17(21)22)8-20-16(11)7-15/h1-8H,9H2,(H,21,22). The van der Waals surface area contributed by atoms with E-state index >= 15 is 0 Å². The summed E-state index contributed by atoms with van der Waals surface area (Å²) >= 11 is 5.80. The predicted molar refractivity (Wildman–Crippen MR) is 84.4 cm³/mol. The number of hydrogen-bond acceptors (Lipinski definition) is 3. The van der Waals surface area contributed by atoms with Crippen LogP contribution < -0.4 is 4.74 Å². The molecule has 0 saturated heterocycles. The molecule has 23 heavy (non-hydrogen) atoms. The summed E-state index contributed by atoms with van der Waals surface area (Å²) in [5, 5.41) is 9.96. The van der Waals surface area contributed by atoms with Gasteiger partial charge in [-0.15, -0.1) is 0 Å². The smallest absolute Gasteiger partial charge is 0.337 e. The fourth-order valence-electron chi connectivity index (χ4n) is 2.17. The van der Waals surface area contributed by atoms with E-state index in [1.165, 1.54) is 18.3 Å².